The molecule has 11 nitrogen and oxygen atoms in total. The van der Waals surface area contributed by atoms with Crippen molar-refractivity contribution in [3.05, 3.63) is 51.6 Å². The van der Waals surface area contributed by atoms with Gasteiger partial charge in [0, 0.05) is 24.8 Å². The lowest BCUT2D eigenvalue weighted by Gasteiger charge is -2.19. The molecule has 162 valence electrons. The molecule has 0 aliphatic rings. The fourth-order valence-corrected chi connectivity index (χ4v) is 3.33. The number of nitrogens with one attached hydrogen (secondary N) is 1. The molecule has 0 aromatic carbocycles. The van der Waals surface area contributed by atoms with Gasteiger partial charge in [0.15, 0.2) is 22.8 Å². The molecule has 0 aliphatic carbocycles. The molecule has 4 heterocycles. The molecule has 4 aromatic heterocycles. The van der Waals surface area contributed by atoms with E-state index in [1.807, 2.05) is 0 Å². The Kier molecular flexibility index (Phi) is 6.55. The number of carboxylic acids is 1. The summed E-state index contributed by atoms with van der Waals surface area (Å²) in [6.07, 6.45) is 6.06. The van der Waals surface area contributed by atoms with Crippen LogP contribution >= 0.6 is 31.9 Å². The van der Waals surface area contributed by atoms with E-state index in [9.17, 15) is 9.59 Å². The second kappa shape index (κ2) is 8.98. The van der Waals surface area contributed by atoms with Crippen LogP contribution in [0.5, 0.6) is 0 Å². The predicted octanol–water partition coefficient (Wildman–Crippen LogP) is 4.03. The molecule has 0 aliphatic heterocycles. The summed E-state index contributed by atoms with van der Waals surface area (Å²) in [5.74, 6) is -0.694. The number of nitrogens with zero attached hydrogens (tertiary/aromatic N) is 6. The highest BCUT2D eigenvalue weighted by atomic mass is 79.9. The first kappa shape index (κ1) is 22.6. The van der Waals surface area contributed by atoms with Crippen molar-refractivity contribution in [2.24, 2.45) is 0 Å². The second-order valence-corrected chi connectivity index (χ2v) is 8.62. The van der Waals surface area contributed by atoms with Gasteiger partial charge in [-0.25, -0.2) is 28.6 Å². The maximum atomic E-state index is 11.6. The van der Waals surface area contributed by atoms with Crippen molar-refractivity contribution in [2.75, 3.05) is 5.32 Å². The van der Waals surface area contributed by atoms with Gasteiger partial charge >= 0.3 is 12.1 Å². The Balaban J connectivity index is 0.000000185. The van der Waals surface area contributed by atoms with Gasteiger partial charge < -0.3 is 9.84 Å². The summed E-state index contributed by atoms with van der Waals surface area (Å²) in [4.78, 5) is 30.4. The number of carbonyl (C=O) groups is 2. The molecule has 0 spiro atoms. The number of rotatable bonds is 2. The molecule has 1 amide bonds. The van der Waals surface area contributed by atoms with E-state index >= 15 is 0 Å². The standard InChI is InChI=1S/C11H13BrN4O2.C7H4BrN3O2/c1-11(2,3)18-10(17)14-8-7(12)9-13-5-4-6-16(9)15-8;8-4-5(7(12)13)10-11-3-1-2-9-6(4)11/h4-6H,1-3H3,(H,14,15,17);1-3H,(H,12,13). The average molecular weight is 555 g/mol. The quantitative estimate of drug-likeness (QED) is 0.379. The number of carbonyl (C=O) groups excluding carboxylic acids is 1. The van der Waals surface area contributed by atoms with Crippen LogP contribution in [0.4, 0.5) is 10.6 Å². The number of ether oxygens (including phenoxy) is 1. The third-order valence-electron chi connectivity index (χ3n) is 3.50. The molecule has 0 unspecified atom stereocenters. The summed E-state index contributed by atoms with van der Waals surface area (Å²) < 4.78 is 9.15. The highest BCUT2D eigenvalue weighted by Crippen LogP contribution is 2.25. The van der Waals surface area contributed by atoms with Crippen molar-refractivity contribution in [1.29, 1.82) is 0 Å². The molecular weight excluding hydrogens is 538 g/mol. The highest BCUT2D eigenvalue weighted by Gasteiger charge is 2.19. The topological polar surface area (TPSA) is 136 Å². The van der Waals surface area contributed by atoms with Crippen molar-refractivity contribution < 1.29 is 19.4 Å². The number of anilines is 1. The molecular formula is C18H17Br2N7O4. The summed E-state index contributed by atoms with van der Waals surface area (Å²) >= 11 is 6.47. The zero-order chi connectivity index (χ0) is 22.8. The van der Waals surface area contributed by atoms with Gasteiger partial charge in [-0.2, -0.15) is 5.10 Å². The summed E-state index contributed by atoms with van der Waals surface area (Å²) in [5, 5.41) is 19.3. The third kappa shape index (κ3) is 5.35. The van der Waals surface area contributed by atoms with Crippen LogP contribution in [-0.2, 0) is 4.74 Å². The van der Waals surface area contributed by atoms with Crippen LogP contribution in [0.25, 0.3) is 11.3 Å². The van der Waals surface area contributed by atoms with Crippen LogP contribution in [0.3, 0.4) is 0 Å². The number of fused-ring (bicyclic) bond motifs is 2. The first-order valence-corrected chi connectivity index (χ1v) is 10.4. The van der Waals surface area contributed by atoms with Gasteiger partial charge in [-0.05, 0) is 64.8 Å². The van der Waals surface area contributed by atoms with Crippen molar-refractivity contribution >= 4 is 61.0 Å². The number of aromatic nitrogens is 6. The first-order valence-electron chi connectivity index (χ1n) is 8.78. The van der Waals surface area contributed by atoms with Crippen LogP contribution in [0.2, 0.25) is 0 Å². The molecule has 13 heteroatoms. The maximum absolute atomic E-state index is 11.6. The third-order valence-corrected chi connectivity index (χ3v) is 4.96. The van der Waals surface area contributed by atoms with E-state index in [1.165, 1.54) is 4.52 Å². The van der Waals surface area contributed by atoms with Crippen molar-refractivity contribution in [2.45, 2.75) is 26.4 Å². The molecule has 4 rings (SSSR count). The van der Waals surface area contributed by atoms with Crippen LogP contribution in [-0.4, -0.2) is 52.0 Å². The number of hydrogen-bond acceptors (Lipinski definition) is 7. The number of halogens is 2. The van der Waals surface area contributed by atoms with E-state index in [-0.39, 0.29) is 5.69 Å². The van der Waals surface area contributed by atoms with Gasteiger partial charge in [0.05, 0.1) is 4.47 Å². The number of carboxylic acid groups (broad SMARTS) is 1. The molecule has 0 saturated carbocycles. The van der Waals surface area contributed by atoms with Gasteiger partial charge in [-0.1, -0.05) is 0 Å². The Morgan fingerprint density at radius 2 is 1.55 bits per heavy atom. The fourth-order valence-electron chi connectivity index (χ4n) is 2.33. The lowest BCUT2D eigenvalue weighted by atomic mass is 10.2. The Morgan fingerprint density at radius 3 is 2.03 bits per heavy atom. The molecule has 31 heavy (non-hydrogen) atoms. The maximum Gasteiger partial charge on any atom is 0.413 e. The fraction of sp³-hybridized carbons (Fsp3) is 0.222. The number of hydrogen-bond donors (Lipinski definition) is 2. The minimum atomic E-state index is -1.07. The minimum absolute atomic E-state index is 0.0290. The van der Waals surface area contributed by atoms with Crippen molar-refractivity contribution in [3.8, 4) is 0 Å². The van der Waals surface area contributed by atoms with Gasteiger partial charge in [-0.15, -0.1) is 5.10 Å². The lowest BCUT2D eigenvalue weighted by molar-refractivity contribution is 0.0633. The smallest absolute Gasteiger partial charge is 0.413 e. The summed E-state index contributed by atoms with van der Waals surface area (Å²) in [5.41, 5.74) is 0.552. The van der Waals surface area contributed by atoms with Crippen LogP contribution in [0.15, 0.2) is 45.9 Å². The Morgan fingerprint density at radius 1 is 1.00 bits per heavy atom. The minimum Gasteiger partial charge on any atom is -0.476 e. The van der Waals surface area contributed by atoms with Gasteiger partial charge in [0.2, 0.25) is 0 Å². The van der Waals surface area contributed by atoms with Crippen LogP contribution in [0.1, 0.15) is 31.3 Å². The SMILES string of the molecule is CC(C)(C)OC(=O)Nc1nn2cccnc2c1Br.O=C(O)c1nn2cccnc2c1Br. The Bertz CT molecular complexity index is 1260. The molecule has 0 fully saturated rings. The second-order valence-electron chi connectivity index (χ2n) is 7.03. The zero-order valence-electron chi connectivity index (χ0n) is 16.6. The summed E-state index contributed by atoms with van der Waals surface area (Å²) in [7, 11) is 0. The first-order chi connectivity index (χ1) is 14.6. The van der Waals surface area contributed by atoms with E-state index < -0.39 is 17.7 Å². The number of amides is 1. The molecule has 2 N–H and O–H groups in total. The van der Waals surface area contributed by atoms with Gasteiger partial charge in [0.1, 0.15) is 10.1 Å². The van der Waals surface area contributed by atoms with Crippen molar-refractivity contribution in [1.82, 2.24) is 29.2 Å². The van der Waals surface area contributed by atoms with E-state index in [0.29, 0.717) is 26.1 Å². The predicted molar refractivity (Wildman–Crippen MR) is 118 cm³/mol. The highest BCUT2D eigenvalue weighted by molar-refractivity contribution is 9.11. The largest absolute Gasteiger partial charge is 0.476 e. The zero-order valence-corrected chi connectivity index (χ0v) is 19.7. The average Bonchev–Trinajstić information content (AvgIpc) is 3.19. The van der Waals surface area contributed by atoms with Crippen molar-refractivity contribution in [3.63, 3.8) is 0 Å². The Labute approximate surface area is 192 Å². The van der Waals surface area contributed by atoms with E-state index in [0.717, 1.165) is 0 Å². The molecule has 0 bridgehead atoms. The van der Waals surface area contributed by atoms with E-state index in [4.69, 9.17) is 9.84 Å². The van der Waals surface area contributed by atoms with Crippen LogP contribution in [0, 0.1) is 0 Å². The monoisotopic (exact) mass is 553 g/mol. The molecule has 0 saturated heterocycles. The summed E-state index contributed by atoms with van der Waals surface area (Å²) in [6.45, 7) is 5.40. The summed E-state index contributed by atoms with van der Waals surface area (Å²) in [6, 6.07) is 3.43. The van der Waals surface area contributed by atoms with E-state index in [2.05, 4.69) is 57.3 Å². The Hall–Kier alpha value is -3.06. The van der Waals surface area contributed by atoms with Gasteiger partial charge in [0.25, 0.3) is 0 Å². The van der Waals surface area contributed by atoms with E-state index in [1.54, 1.807) is 62.2 Å². The molecule has 0 atom stereocenters. The van der Waals surface area contributed by atoms with Gasteiger partial charge in [-0.3, -0.25) is 5.32 Å². The van der Waals surface area contributed by atoms with Crippen LogP contribution < -0.4 is 5.32 Å². The normalized spacial score (nSPS) is 11.1. The molecule has 4 aromatic rings. The number of aromatic carboxylic acids is 1. The lowest BCUT2D eigenvalue weighted by Crippen LogP contribution is -2.27. The molecule has 0 radical (unpaired) electrons.